The normalized spacial score (nSPS) is 23.4. The van der Waals surface area contributed by atoms with E-state index in [2.05, 4.69) is 17.2 Å². The number of ether oxygens (including phenoxy) is 3. The molecule has 3 aromatic carbocycles. The molecule has 0 bridgehead atoms. The molecule has 1 aromatic heterocycles. The minimum absolute atomic E-state index is 0.00216. The molecular formula is C45H53N4O8P. The highest BCUT2D eigenvalue weighted by atomic mass is 31.2. The second-order valence-corrected chi connectivity index (χ2v) is 19.3. The molecule has 2 heterocycles. The summed E-state index contributed by atoms with van der Waals surface area (Å²) in [6, 6.07) is 23.9. The quantitative estimate of drug-likeness (QED) is 0.0905. The molecule has 58 heavy (non-hydrogen) atoms. The Bertz CT molecular complexity index is 2210. The van der Waals surface area contributed by atoms with E-state index in [9.17, 15) is 23.8 Å². The number of alkyl carbamates (subject to hydrolysis) is 1. The van der Waals surface area contributed by atoms with E-state index in [0.29, 0.717) is 33.7 Å². The molecule has 7 rings (SSSR count). The van der Waals surface area contributed by atoms with Crippen molar-refractivity contribution in [2.75, 3.05) is 13.7 Å². The van der Waals surface area contributed by atoms with Crippen molar-refractivity contribution in [1.29, 1.82) is 0 Å². The summed E-state index contributed by atoms with van der Waals surface area (Å²) in [7, 11) is -2.48. The van der Waals surface area contributed by atoms with E-state index in [1.165, 1.54) is 4.90 Å². The molecule has 2 aliphatic carbocycles. The van der Waals surface area contributed by atoms with Gasteiger partial charge >= 0.3 is 6.09 Å². The van der Waals surface area contributed by atoms with Gasteiger partial charge < -0.3 is 34.6 Å². The van der Waals surface area contributed by atoms with Crippen molar-refractivity contribution in [3.05, 3.63) is 103 Å². The lowest BCUT2D eigenvalue weighted by molar-refractivity contribution is -0.142. The molecule has 1 saturated heterocycles. The Morgan fingerprint density at radius 2 is 1.71 bits per heavy atom. The molecule has 306 valence electrons. The Morgan fingerprint density at radius 3 is 2.34 bits per heavy atom. The average molecular weight is 809 g/mol. The lowest BCUT2D eigenvalue weighted by Crippen LogP contribution is -2.58. The number of pyridine rings is 1. The first-order chi connectivity index (χ1) is 27.7. The van der Waals surface area contributed by atoms with Crippen LogP contribution in [0.2, 0.25) is 0 Å². The first-order valence-corrected chi connectivity index (χ1v) is 21.8. The number of fused-ring (bicyclic) bond motifs is 1. The maximum atomic E-state index is 14.8. The van der Waals surface area contributed by atoms with Gasteiger partial charge in [0.05, 0.1) is 31.0 Å². The number of likely N-dealkylation sites (tertiary alicyclic amines) is 1. The van der Waals surface area contributed by atoms with Crippen LogP contribution in [0.15, 0.2) is 97.6 Å². The van der Waals surface area contributed by atoms with E-state index >= 15 is 0 Å². The Hall–Kier alpha value is -5.19. The highest BCUT2D eigenvalue weighted by Gasteiger charge is 2.65. The van der Waals surface area contributed by atoms with Crippen molar-refractivity contribution in [1.82, 2.24) is 20.5 Å². The van der Waals surface area contributed by atoms with Gasteiger partial charge in [0, 0.05) is 35.4 Å². The maximum Gasteiger partial charge on any atom is 0.408 e. The van der Waals surface area contributed by atoms with Crippen molar-refractivity contribution in [2.45, 2.75) is 95.0 Å². The number of nitrogens with zero attached hydrogens (tertiary/aromatic N) is 2. The summed E-state index contributed by atoms with van der Waals surface area (Å²) in [5, 5.41) is 5.06. The minimum Gasteiger partial charge on any atom is -0.497 e. The van der Waals surface area contributed by atoms with Crippen LogP contribution < -0.4 is 20.1 Å². The first-order valence-electron chi connectivity index (χ1n) is 20.0. The van der Waals surface area contributed by atoms with Crippen molar-refractivity contribution in [2.24, 2.45) is 11.3 Å². The second kappa shape index (κ2) is 16.6. The van der Waals surface area contributed by atoms with Crippen LogP contribution in [0.4, 0.5) is 4.79 Å². The van der Waals surface area contributed by atoms with Gasteiger partial charge in [0.15, 0.2) is 0 Å². The van der Waals surface area contributed by atoms with Gasteiger partial charge in [-0.2, -0.15) is 0 Å². The Morgan fingerprint density at radius 1 is 1.02 bits per heavy atom. The third-order valence-corrected chi connectivity index (χ3v) is 14.3. The van der Waals surface area contributed by atoms with E-state index in [4.69, 9.17) is 19.2 Å². The summed E-state index contributed by atoms with van der Waals surface area (Å²) < 4.78 is 32.2. The number of aromatic nitrogens is 1. The van der Waals surface area contributed by atoms with Gasteiger partial charge in [0.25, 0.3) is 0 Å². The van der Waals surface area contributed by atoms with Gasteiger partial charge in [0.2, 0.25) is 19.2 Å². The second-order valence-electron chi connectivity index (χ2n) is 16.8. The van der Waals surface area contributed by atoms with Crippen LogP contribution in [-0.4, -0.2) is 75.9 Å². The number of rotatable bonds is 13. The molecule has 3 amide bonds. The number of amides is 3. The predicted molar refractivity (Wildman–Crippen MR) is 223 cm³/mol. The number of benzene rings is 3. The number of hydrogen-bond acceptors (Lipinski definition) is 8. The number of carbonyl (C=O) groups is 3. The van der Waals surface area contributed by atoms with Crippen LogP contribution >= 0.6 is 7.37 Å². The first kappa shape index (κ1) is 41.0. The highest BCUT2D eigenvalue weighted by molar-refractivity contribution is 7.59. The lowest BCUT2D eigenvalue weighted by atomic mass is 9.85. The Kier molecular flexibility index (Phi) is 11.7. The summed E-state index contributed by atoms with van der Waals surface area (Å²) in [6.45, 7) is 9.41. The monoisotopic (exact) mass is 808 g/mol. The van der Waals surface area contributed by atoms with Crippen LogP contribution in [0.5, 0.6) is 11.5 Å². The maximum absolute atomic E-state index is 14.8. The smallest absolute Gasteiger partial charge is 0.408 e. The zero-order valence-electron chi connectivity index (χ0n) is 33.6. The summed E-state index contributed by atoms with van der Waals surface area (Å²) in [6.07, 6.45) is 3.66. The summed E-state index contributed by atoms with van der Waals surface area (Å²) in [5.74, 6) is -0.388. The predicted octanol–water partition coefficient (Wildman–Crippen LogP) is 7.83. The molecule has 12 nitrogen and oxygen atoms in total. The van der Waals surface area contributed by atoms with Crippen LogP contribution in [0.1, 0.15) is 64.9 Å². The molecule has 4 aromatic rings. The molecule has 3 fully saturated rings. The fourth-order valence-electron chi connectivity index (χ4n) is 8.29. The van der Waals surface area contributed by atoms with Crippen molar-refractivity contribution in [3.63, 3.8) is 0 Å². The molecule has 13 heteroatoms. The fourth-order valence-corrected chi connectivity index (χ4v) is 10.7. The van der Waals surface area contributed by atoms with E-state index in [-0.39, 0.29) is 31.7 Å². The zero-order valence-corrected chi connectivity index (χ0v) is 34.5. The van der Waals surface area contributed by atoms with Gasteiger partial charge in [-0.15, -0.1) is 6.58 Å². The zero-order chi connectivity index (χ0) is 41.2. The van der Waals surface area contributed by atoms with E-state index in [1.807, 2.05) is 81.4 Å². The highest BCUT2D eigenvalue weighted by Crippen LogP contribution is 2.70. The summed E-state index contributed by atoms with van der Waals surface area (Å²) >= 11 is 0. The topological polar surface area (TPSA) is 156 Å². The number of methoxy groups -OCH3 is 1. The Balaban J connectivity index is 1.22. The van der Waals surface area contributed by atoms with Crippen LogP contribution in [0.3, 0.4) is 0 Å². The standard InChI is InChI=1S/C45H53N4O8P/c1-6-31-26-45(31,58(53,54)28-29-15-9-7-10-16-29)48-41(50)38-24-34(27-49(38)42(51)40(44(2,3)4)47-43(52)57-32-19-13-14-20-32)56-39-25-36(30-17-11-8-12-18-30)46-37-23-33(55-5)21-22-35(37)39/h6-12,15-18,21-23,25,31-32,34,38,40H,1,13-14,19-20,24,26-28H2,2-5H3,(H,47,52)(H,48,50)(H,53,54)/t31-,34-,38+,40-,45+/m1/s1. The van der Waals surface area contributed by atoms with Crippen LogP contribution in [-0.2, 0) is 25.1 Å². The molecule has 0 spiro atoms. The van der Waals surface area contributed by atoms with Crippen molar-refractivity contribution in [3.8, 4) is 22.8 Å². The molecule has 2 saturated carbocycles. The van der Waals surface area contributed by atoms with Gasteiger partial charge in [-0.1, -0.05) is 87.5 Å². The SMILES string of the molecule is C=C[C@@H]1C[C@]1(NC(=O)[C@@H]1C[C@@H](Oc2cc(-c3ccccc3)nc3cc(OC)ccc23)CN1C(=O)[C@@H](NC(=O)OC1CCCC1)C(C)(C)C)P(=O)(O)Cc1ccccc1. The molecule has 3 aliphatic rings. The van der Waals surface area contributed by atoms with Gasteiger partial charge in [-0.25, -0.2) is 9.78 Å². The molecular weight excluding hydrogens is 755 g/mol. The summed E-state index contributed by atoms with van der Waals surface area (Å²) in [4.78, 5) is 60.7. The minimum atomic E-state index is -4.06. The lowest BCUT2D eigenvalue weighted by Gasteiger charge is -2.36. The van der Waals surface area contributed by atoms with E-state index < -0.39 is 60.1 Å². The molecule has 1 unspecified atom stereocenters. The average Bonchev–Trinajstić information content (AvgIpc) is 3.46. The van der Waals surface area contributed by atoms with E-state index in [1.54, 1.807) is 37.5 Å². The van der Waals surface area contributed by atoms with Gasteiger partial charge in [-0.3, -0.25) is 14.2 Å². The molecule has 6 atom stereocenters. The summed E-state index contributed by atoms with van der Waals surface area (Å²) in [5.41, 5.74) is 2.06. The number of carbonyl (C=O) groups excluding carboxylic acids is 3. The van der Waals surface area contributed by atoms with E-state index in [0.717, 1.165) is 31.2 Å². The third-order valence-electron chi connectivity index (χ3n) is 11.6. The third kappa shape index (κ3) is 8.64. The molecule has 1 aliphatic heterocycles. The van der Waals surface area contributed by atoms with Gasteiger partial charge in [0.1, 0.15) is 41.1 Å². The van der Waals surface area contributed by atoms with Crippen LogP contribution in [0.25, 0.3) is 22.2 Å². The largest absolute Gasteiger partial charge is 0.497 e. The molecule has 3 N–H and O–H groups in total. The van der Waals surface area contributed by atoms with Crippen molar-refractivity contribution < 1.29 is 38.1 Å². The van der Waals surface area contributed by atoms with Gasteiger partial charge in [-0.05, 0) is 55.2 Å². The van der Waals surface area contributed by atoms with Crippen molar-refractivity contribution >= 4 is 36.2 Å². The number of nitrogens with one attached hydrogen (secondary N) is 2. The number of hydrogen-bond donors (Lipinski definition) is 3. The Labute approximate surface area is 339 Å². The molecule has 0 radical (unpaired) electrons. The van der Waals surface area contributed by atoms with Crippen LogP contribution in [0, 0.1) is 11.3 Å². The fraction of sp³-hybridized carbons (Fsp3) is 0.422.